The Balaban J connectivity index is 2.21. The van der Waals surface area contributed by atoms with Crippen LogP contribution < -0.4 is 5.32 Å². The van der Waals surface area contributed by atoms with Crippen molar-refractivity contribution in [3.8, 4) is 11.5 Å². The lowest BCUT2D eigenvalue weighted by atomic mass is 10.3. The molecule has 0 spiro atoms. The Hall–Kier alpha value is -1.52. The fourth-order valence-electron chi connectivity index (χ4n) is 1.39. The molecule has 0 aliphatic rings. The fraction of sp³-hybridized carbons (Fsp3) is 0.250. The summed E-state index contributed by atoms with van der Waals surface area (Å²) in [6.07, 6.45) is 5.25. The lowest BCUT2D eigenvalue weighted by molar-refractivity contribution is 0.721. The molecular weight excluding hydrogens is 236 g/mol. The Morgan fingerprint density at radius 2 is 2.00 bits per heavy atom. The van der Waals surface area contributed by atoms with Gasteiger partial charge in [-0.15, -0.1) is 0 Å². The van der Waals surface area contributed by atoms with E-state index in [1.807, 2.05) is 0 Å². The zero-order valence-corrected chi connectivity index (χ0v) is 10.3. The number of rotatable bonds is 4. The van der Waals surface area contributed by atoms with Crippen LogP contribution in [0.25, 0.3) is 11.5 Å². The van der Waals surface area contributed by atoms with E-state index in [1.165, 1.54) is 0 Å². The number of hydrogen-bond donors (Lipinski definition) is 1. The summed E-state index contributed by atoms with van der Waals surface area (Å²) in [4.78, 5) is 12.7. The van der Waals surface area contributed by atoms with Gasteiger partial charge in [-0.05, 0) is 18.7 Å². The maximum atomic E-state index is 6.03. The quantitative estimate of drug-likeness (QED) is 0.902. The molecule has 2 aromatic heterocycles. The van der Waals surface area contributed by atoms with Gasteiger partial charge >= 0.3 is 0 Å². The average molecular weight is 249 g/mol. The molecule has 0 amide bonds. The maximum absolute atomic E-state index is 6.03. The highest BCUT2D eigenvalue weighted by Gasteiger charge is 2.06. The number of hydrogen-bond acceptors (Lipinski definition) is 4. The summed E-state index contributed by atoms with van der Waals surface area (Å²) in [7, 11) is 0. The van der Waals surface area contributed by atoms with E-state index in [0.717, 1.165) is 18.7 Å². The van der Waals surface area contributed by atoms with Gasteiger partial charge < -0.3 is 5.32 Å². The Bertz CT molecular complexity index is 484. The number of halogens is 1. The molecule has 0 saturated carbocycles. The number of nitrogens with zero attached hydrogens (tertiary/aromatic N) is 3. The Morgan fingerprint density at radius 1 is 1.24 bits per heavy atom. The van der Waals surface area contributed by atoms with Crippen LogP contribution in [-0.2, 0) is 6.54 Å². The summed E-state index contributed by atoms with van der Waals surface area (Å²) in [6, 6.07) is 3.56. The standard InChI is InChI=1S/C12H13ClN4/c1-2-14-6-9-7-16-12(17-8-9)11-10(13)4-3-5-15-11/h3-5,7-8,14H,2,6H2,1H3. The number of pyridine rings is 1. The Labute approximate surface area is 105 Å². The summed E-state index contributed by atoms with van der Waals surface area (Å²) in [5.41, 5.74) is 1.66. The van der Waals surface area contributed by atoms with Crippen LogP contribution in [0.15, 0.2) is 30.7 Å². The van der Waals surface area contributed by atoms with E-state index < -0.39 is 0 Å². The van der Waals surface area contributed by atoms with Crippen molar-refractivity contribution in [2.75, 3.05) is 6.54 Å². The smallest absolute Gasteiger partial charge is 0.179 e. The van der Waals surface area contributed by atoms with Crippen molar-refractivity contribution >= 4 is 11.6 Å². The molecular formula is C12H13ClN4. The van der Waals surface area contributed by atoms with Gasteiger partial charge in [-0.25, -0.2) is 9.97 Å². The van der Waals surface area contributed by atoms with Crippen LogP contribution in [0.2, 0.25) is 5.02 Å². The molecule has 2 heterocycles. The minimum Gasteiger partial charge on any atom is -0.313 e. The molecule has 88 valence electrons. The third-order valence-corrected chi connectivity index (χ3v) is 2.56. The normalized spacial score (nSPS) is 10.5. The van der Waals surface area contributed by atoms with Crippen LogP contribution in [0.5, 0.6) is 0 Å². The minimum atomic E-state index is 0.552. The van der Waals surface area contributed by atoms with E-state index in [2.05, 4.69) is 27.2 Å². The number of nitrogens with one attached hydrogen (secondary N) is 1. The lowest BCUT2D eigenvalue weighted by Crippen LogP contribution is -2.12. The van der Waals surface area contributed by atoms with E-state index in [0.29, 0.717) is 16.5 Å². The average Bonchev–Trinajstić information content (AvgIpc) is 2.38. The molecule has 0 aromatic carbocycles. The molecule has 0 aliphatic carbocycles. The van der Waals surface area contributed by atoms with Crippen molar-refractivity contribution in [1.29, 1.82) is 0 Å². The molecule has 1 N–H and O–H groups in total. The number of aromatic nitrogens is 3. The van der Waals surface area contributed by atoms with Crippen LogP contribution >= 0.6 is 11.6 Å². The van der Waals surface area contributed by atoms with E-state index in [1.54, 1.807) is 30.7 Å². The van der Waals surface area contributed by atoms with Crippen molar-refractivity contribution in [3.05, 3.63) is 41.3 Å². The molecule has 2 aromatic rings. The van der Waals surface area contributed by atoms with Crippen molar-refractivity contribution in [1.82, 2.24) is 20.3 Å². The van der Waals surface area contributed by atoms with E-state index in [-0.39, 0.29) is 0 Å². The Kier molecular flexibility index (Phi) is 4.01. The highest BCUT2D eigenvalue weighted by Crippen LogP contribution is 2.21. The summed E-state index contributed by atoms with van der Waals surface area (Å²) >= 11 is 6.03. The summed E-state index contributed by atoms with van der Waals surface area (Å²) in [6.45, 7) is 3.75. The summed E-state index contributed by atoms with van der Waals surface area (Å²) < 4.78 is 0. The van der Waals surface area contributed by atoms with E-state index in [4.69, 9.17) is 11.6 Å². The molecule has 4 nitrogen and oxygen atoms in total. The first-order valence-electron chi connectivity index (χ1n) is 5.43. The first-order chi connectivity index (χ1) is 8.31. The van der Waals surface area contributed by atoms with Crippen LogP contribution in [0, 0.1) is 0 Å². The van der Waals surface area contributed by atoms with Gasteiger partial charge in [0.15, 0.2) is 5.82 Å². The zero-order valence-electron chi connectivity index (χ0n) is 9.52. The van der Waals surface area contributed by atoms with Gasteiger partial charge in [0, 0.05) is 30.7 Å². The zero-order chi connectivity index (χ0) is 12.1. The van der Waals surface area contributed by atoms with Gasteiger partial charge in [-0.2, -0.15) is 0 Å². The second-order valence-corrected chi connectivity index (χ2v) is 3.94. The van der Waals surface area contributed by atoms with Crippen molar-refractivity contribution < 1.29 is 0 Å². The molecule has 0 aliphatic heterocycles. The molecule has 0 saturated heterocycles. The minimum absolute atomic E-state index is 0.552. The first-order valence-corrected chi connectivity index (χ1v) is 5.81. The molecule has 0 bridgehead atoms. The van der Waals surface area contributed by atoms with Crippen molar-refractivity contribution in [2.45, 2.75) is 13.5 Å². The highest BCUT2D eigenvalue weighted by atomic mass is 35.5. The van der Waals surface area contributed by atoms with Crippen molar-refractivity contribution in [2.24, 2.45) is 0 Å². The van der Waals surface area contributed by atoms with E-state index >= 15 is 0 Å². The molecule has 0 unspecified atom stereocenters. The monoisotopic (exact) mass is 248 g/mol. The van der Waals surface area contributed by atoms with E-state index in [9.17, 15) is 0 Å². The predicted molar refractivity (Wildman–Crippen MR) is 67.7 cm³/mol. The molecule has 17 heavy (non-hydrogen) atoms. The Morgan fingerprint density at radius 3 is 2.65 bits per heavy atom. The predicted octanol–water partition coefficient (Wildman–Crippen LogP) is 2.30. The van der Waals surface area contributed by atoms with Gasteiger partial charge in [-0.1, -0.05) is 18.5 Å². The third-order valence-electron chi connectivity index (χ3n) is 2.25. The second kappa shape index (κ2) is 5.70. The summed E-state index contributed by atoms with van der Waals surface area (Å²) in [5, 5.41) is 3.78. The maximum Gasteiger partial charge on any atom is 0.179 e. The van der Waals surface area contributed by atoms with Crippen LogP contribution in [0.1, 0.15) is 12.5 Å². The molecule has 0 atom stereocenters. The lowest BCUT2D eigenvalue weighted by Gasteiger charge is -2.03. The van der Waals surface area contributed by atoms with Crippen LogP contribution in [-0.4, -0.2) is 21.5 Å². The van der Waals surface area contributed by atoms with Gasteiger partial charge in [0.1, 0.15) is 5.69 Å². The molecule has 5 heteroatoms. The summed E-state index contributed by atoms with van der Waals surface area (Å²) in [5.74, 6) is 0.552. The van der Waals surface area contributed by atoms with Gasteiger partial charge in [0.05, 0.1) is 5.02 Å². The van der Waals surface area contributed by atoms with Gasteiger partial charge in [-0.3, -0.25) is 4.98 Å². The van der Waals surface area contributed by atoms with Crippen LogP contribution in [0.3, 0.4) is 0 Å². The highest BCUT2D eigenvalue weighted by molar-refractivity contribution is 6.32. The molecule has 0 fully saturated rings. The SMILES string of the molecule is CCNCc1cnc(-c2ncccc2Cl)nc1. The first kappa shape index (κ1) is 12.0. The molecule has 0 radical (unpaired) electrons. The topological polar surface area (TPSA) is 50.7 Å². The largest absolute Gasteiger partial charge is 0.313 e. The third kappa shape index (κ3) is 2.99. The van der Waals surface area contributed by atoms with Gasteiger partial charge in [0.25, 0.3) is 0 Å². The van der Waals surface area contributed by atoms with Gasteiger partial charge in [0.2, 0.25) is 0 Å². The fourth-order valence-corrected chi connectivity index (χ4v) is 1.59. The van der Waals surface area contributed by atoms with Crippen molar-refractivity contribution in [3.63, 3.8) is 0 Å². The van der Waals surface area contributed by atoms with Crippen LogP contribution in [0.4, 0.5) is 0 Å². The molecule has 2 rings (SSSR count). The second-order valence-electron chi connectivity index (χ2n) is 3.53.